The third-order valence-electron chi connectivity index (χ3n) is 1.94. The molecule has 0 saturated carbocycles. The van der Waals surface area contributed by atoms with Crippen LogP contribution in [0.25, 0.3) is 0 Å². The minimum absolute atomic E-state index is 0.467. The highest BCUT2D eigenvalue weighted by atomic mass is 32.2. The highest BCUT2D eigenvalue weighted by molar-refractivity contribution is 7.98. The Morgan fingerprint density at radius 3 is 3.00 bits per heavy atom. The summed E-state index contributed by atoms with van der Waals surface area (Å²) in [4.78, 5) is 0. The van der Waals surface area contributed by atoms with Crippen LogP contribution in [0.4, 0.5) is 10.8 Å². The van der Waals surface area contributed by atoms with E-state index in [1.54, 1.807) is 7.11 Å². The second kappa shape index (κ2) is 6.79. The zero-order valence-electron chi connectivity index (χ0n) is 9.08. The van der Waals surface area contributed by atoms with E-state index in [0.717, 1.165) is 18.0 Å². The minimum Gasteiger partial charge on any atom is -0.490 e. The molecule has 1 aromatic rings. The van der Waals surface area contributed by atoms with Gasteiger partial charge in [-0.05, 0) is 36.4 Å². The molecule has 0 amide bonds. The number of anilines is 2. The lowest BCUT2D eigenvalue weighted by atomic mass is 10.3. The molecule has 4 nitrogen and oxygen atoms in total. The molecule has 6 heteroatoms. The van der Waals surface area contributed by atoms with Crippen LogP contribution in [0.3, 0.4) is 0 Å². The Kier molecular flexibility index (Phi) is 5.63. The Balaban J connectivity index is 2.30. The van der Waals surface area contributed by atoms with Crippen molar-refractivity contribution in [2.45, 2.75) is 12.8 Å². The van der Waals surface area contributed by atoms with E-state index in [-0.39, 0.29) is 0 Å². The molecule has 0 unspecified atom stereocenters. The van der Waals surface area contributed by atoms with E-state index < -0.39 is 0 Å². The fraction of sp³-hybridized carbons (Fsp3) is 0.667. The summed E-state index contributed by atoms with van der Waals surface area (Å²) in [5.41, 5.74) is 5.63. The molecule has 0 bridgehead atoms. The fourth-order valence-corrected chi connectivity index (χ4v) is 2.38. The molecule has 0 atom stereocenters. The summed E-state index contributed by atoms with van der Waals surface area (Å²) in [5.74, 6) is 2.35. The van der Waals surface area contributed by atoms with Gasteiger partial charge in [0.15, 0.2) is 16.6 Å². The van der Waals surface area contributed by atoms with Crippen LogP contribution in [0.2, 0.25) is 0 Å². The van der Waals surface area contributed by atoms with Crippen molar-refractivity contribution >= 4 is 34.1 Å². The van der Waals surface area contributed by atoms with Crippen LogP contribution in [-0.2, 0) is 0 Å². The smallest absolute Gasteiger partial charge is 0.197 e. The third-order valence-corrected chi connectivity index (χ3v) is 3.44. The Morgan fingerprint density at radius 2 is 2.33 bits per heavy atom. The molecule has 0 aliphatic rings. The van der Waals surface area contributed by atoms with Gasteiger partial charge in [0.25, 0.3) is 0 Å². The standard InChI is InChI=1S/C9H17N3OS2/c1-13-7-8(10)12-15-9(7)11-5-3-4-6-14-2/h11H,3-6H2,1-2H3,(H2,10,12). The molecule has 1 aromatic heterocycles. The van der Waals surface area contributed by atoms with Gasteiger partial charge < -0.3 is 15.8 Å². The summed E-state index contributed by atoms with van der Waals surface area (Å²) in [6.45, 7) is 0.943. The first-order valence-corrected chi connectivity index (χ1v) is 6.98. The van der Waals surface area contributed by atoms with Gasteiger partial charge >= 0.3 is 0 Å². The van der Waals surface area contributed by atoms with E-state index in [1.807, 2.05) is 11.8 Å². The minimum atomic E-state index is 0.467. The van der Waals surface area contributed by atoms with Gasteiger partial charge in [-0.2, -0.15) is 16.1 Å². The molecule has 1 rings (SSSR count). The number of aromatic nitrogens is 1. The van der Waals surface area contributed by atoms with E-state index in [0.29, 0.717) is 11.6 Å². The first-order valence-electron chi connectivity index (χ1n) is 4.81. The Morgan fingerprint density at radius 1 is 1.53 bits per heavy atom. The summed E-state index contributed by atoms with van der Waals surface area (Å²) in [6.07, 6.45) is 4.51. The lowest BCUT2D eigenvalue weighted by Crippen LogP contribution is -2.02. The van der Waals surface area contributed by atoms with Crippen molar-refractivity contribution in [3.05, 3.63) is 0 Å². The summed E-state index contributed by atoms with van der Waals surface area (Å²) in [6, 6.07) is 0. The van der Waals surface area contributed by atoms with Crippen molar-refractivity contribution in [2.75, 3.05) is 36.7 Å². The van der Waals surface area contributed by atoms with E-state index in [4.69, 9.17) is 10.5 Å². The summed E-state index contributed by atoms with van der Waals surface area (Å²) in [5, 5.41) is 4.22. The van der Waals surface area contributed by atoms with Crippen LogP contribution in [-0.4, -0.2) is 30.0 Å². The molecular formula is C9H17N3OS2. The van der Waals surface area contributed by atoms with Gasteiger partial charge in [0, 0.05) is 6.54 Å². The Labute approximate surface area is 98.7 Å². The van der Waals surface area contributed by atoms with Gasteiger partial charge in [0.2, 0.25) is 0 Å². The van der Waals surface area contributed by atoms with Gasteiger partial charge in [-0.1, -0.05) is 0 Å². The van der Waals surface area contributed by atoms with E-state index in [1.165, 1.54) is 23.7 Å². The number of ether oxygens (including phenoxy) is 1. The van der Waals surface area contributed by atoms with E-state index in [9.17, 15) is 0 Å². The molecule has 0 radical (unpaired) electrons. The van der Waals surface area contributed by atoms with Crippen LogP contribution >= 0.6 is 23.3 Å². The summed E-state index contributed by atoms with van der Waals surface area (Å²) < 4.78 is 9.18. The number of thioether (sulfide) groups is 1. The maximum absolute atomic E-state index is 5.63. The predicted octanol–water partition coefficient (Wildman–Crippen LogP) is 2.29. The molecule has 3 N–H and O–H groups in total. The van der Waals surface area contributed by atoms with Gasteiger partial charge in [0.05, 0.1) is 7.11 Å². The Bertz CT molecular complexity index is 291. The molecule has 0 fully saturated rings. The molecule has 1 heterocycles. The molecule has 0 aliphatic carbocycles. The number of unbranched alkanes of at least 4 members (excludes halogenated alkanes) is 1. The van der Waals surface area contributed by atoms with Crippen LogP contribution in [0.15, 0.2) is 0 Å². The maximum atomic E-state index is 5.63. The predicted molar refractivity (Wildman–Crippen MR) is 69.2 cm³/mol. The number of rotatable bonds is 7. The van der Waals surface area contributed by atoms with Crippen molar-refractivity contribution in [2.24, 2.45) is 0 Å². The molecule has 0 saturated heterocycles. The summed E-state index contributed by atoms with van der Waals surface area (Å²) >= 11 is 3.23. The number of nitrogens with zero attached hydrogens (tertiary/aromatic N) is 1. The van der Waals surface area contributed by atoms with Crippen molar-refractivity contribution in [3.63, 3.8) is 0 Å². The van der Waals surface area contributed by atoms with Crippen LogP contribution in [0.1, 0.15) is 12.8 Å². The third kappa shape index (κ3) is 3.79. The normalized spacial score (nSPS) is 10.3. The maximum Gasteiger partial charge on any atom is 0.197 e. The first kappa shape index (κ1) is 12.4. The molecule has 0 aliphatic heterocycles. The molecular weight excluding hydrogens is 230 g/mol. The summed E-state index contributed by atoms with van der Waals surface area (Å²) in [7, 11) is 1.61. The number of methoxy groups -OCH3 is 1. The lowest BCUT2D eigenvalue weighted by Gasteiger charge is -2.05. The van der Waals surface area contributed by atoms with Crippen LogP contribution in [0, 0.1) is 0 Å². The highest BCUT2D eigenvalue weighted by Crippen LogP contribution is 2.34. The number of hydrogen-bond acceptors (Lipinski definition) is 6. The number of nitrogens with two attached hydrogens (primary N) is 1. The average Bonchev–Trinajstić information content (AvgIpc) is 2.59. The molecule has 0 spiro atoms. The van der Waals surface area contributed by atoms with E-state index in [2.05, 4.69) is 15.9 Å². The highest BCUT2D eigenvalue weighted by Gasteiger charge is 2.10. The van der Waals surface area contributed by atoms with Gasteiger partial charge in [-0.25, -0.2) is 0 Å². The van der Waals surface area contributed by atoms with Gasteiger partial charge in [0.1, 0.15) is 0 Å². The van der Waals surface area contributed by atoms with Gasteiger partial charge in [-0.15, -0.1) is 0 Å². The topological polar surface area (TPSA) is 60.2 Å². The van der Waals surface area contributed by atoms with Crippen molar-refractivity contribution in [1.82, 2.24) is 4.37 Å². The zero-order valence-corrected chi connectivity index (χ0v) is 10.7. The van der Waals surface area contributed by atoms with Crippen molar-refractivity contribution < 1.29 is 4.74 Å². The number of nitrogens with one attached hydrogen (secondary N) is 1. The molecule has 86 valence electrons. The second-order valence-corrected chi connectivity index (χ2v) is 4.82. The monoisotopic (exact) mass is 247 g/mol. The molecule has 15 heavy (non-hydrogen) atoms. The number of hydrogen-bond donors (Lipinski definition) is 2. The largest absolute Gasteiger partial charge is 0.490 e. The first-order chi connectivity index (χ1) is 7.29. The quantitative estimate of drug-likeness (QED) is 0.724. The second-order valence-electron chi connectivity index (χ2n) is 3.06. The van der Waals surface area contributed by atoms with Crippen LogP contribution < -0.4 is 15.8 Å². The van der Waals surface area contributed by atoms with Crippen molar-refractivity contribution in [1.29, 1.82) is 0 Å². The van der Waals surface area contributed by atoms with Crippen LogP contribution in [0.5, 0.6) is 5.75 Å². The lowest BCUT2D eigenvalue weighted by molar-refractivity contribution is 0.419. The fourth-order valence-electron chi connectivity index (χ4n) is 1.18. The van der Waals surface area contributed by atoms with Crippen molar-refractivity contribution in [3.8, 4) is 5.75 Å². The number of nitrogen functional groups attached to an aromatic ring is 1. The average molecular weight is 247 g/mol. The molecule has 0 aromatic carbocycles. The Hall–Kier alpha value is -0.620. The van der Waals surface area contributed by atoms with E-state index >= 15 is 0 Å². The zero-order chi connectivity index (χ0) is 11.1. The SMILES string of the molecule is COc1c(N)nsc1NCCCCSC. The van der Waals surface area contributed by atoms with Gasteiger partial charge in [-0.3, -0.25) is 0 Å².